The highest BCUT2D eigenvalue weighted by Gasteiger charge is 2.09. The van der Waals surface area contributed by atoms with E-state index in [1.165, 1.54) is 18.4 Å². The van der Waals surface area contributed by atoms with E-state index in [2.05, 4.69) is 31.2 Å². The van der Waals surface area contributed by atoms with E-state index in [0.717, 1.165) is 12.8 Å². The van der Waals surface area contributed by atoms with Crippen LogP contribution in [0, 0.1) is 0 Å². The molecule has 16 heavy (non-hydrogen) atoms. The number of hydrogen-bond donors (Lipinski definition) is 0. The fraction of sp³-hybridized carbons (Fsp3) is 0.538. The molecule has 1 unspecified atom stereocenters. The van der Waals surface area contributed by atoms with Gasteiger partial charge in [-0.2, -0.15) is 0 Å². The van der Waals surface area contributed by atoms with Crippen molar-refractivity contribution in [2.24, 2.45) is 0 Å². The van der Waals surface area contributed by atoms with Crippen LogP contribution in [0.2, 0.25) is 0 Å². The molecule has 0 aromatic heterocycles. The second-order valence-corrected chi connectivity index (χ2v) is 4.35. The van der Waals surface area contributed by atoms with Crippen LogP contribution in [-0.4, -0.2) is 6.61 Å². The maximum atomic E-state index is 10.1. The van der Waals surface area contributed by atoms with Gasteiger partial charge in [0.25, 0.3) is 0 Å². The molecule has 0 saturated heterocycles. The van der Waals surface area contributed by atoms with Gasteiger partial charge in [0.1, 0.15) is 0 Å². The molecule has 0 heterocycles. The first-order chi connectivity index (χ1) is 7.88. The summed E-state index contributed by atoms with van der Waals surface area (Å²) in [5, 5.41) is 0. The van der Waals surface area contributed by atoms with Gasteiger partial charge in [-0.1, -0.05) is 43.7 Å². The first-order valence-corrected chi connectivity index (χ1v) is 6.61. The van der Waals surface area contributed by atoms with E-state index in [0.29, 0.717) is 12.5 Å². The van der Waals surface area contributed by atoms with E-state index in [4.69, 9.17) is 4.52 Å². The molecule has 0 aliphatic rings. The number of hydrogen-bond acceptors (Lipinski definition) is 2. The highest BCUT2D eigenvalue weighted by Crippen LogP contribution is 2.26. The summed E-state index contributed by atoms with van der Waals surface area (Å²) >= 11 is 0. The van der Waals surface area contributed by atoms with Gasteiger partial charge in [-0.3, -0.25) is 4.52 Å². The summed E-state index contributed by atoms with van der Waals surface area (Å²) in [5.41, 5.74) is 1.41. The van der Waals surface area contributed by atoms with Gasteiger partial charge in [0.15, 0.2) is 0 Å². The SMILES string of the molecule is CCCC(CCCOP=O)c1ccccc1. The van der Waals surface area contributed by atoms with Crippen LogP contribution >= 0.6 is 8.69 Å². The minimum absolute atomic E-state index is 0.204. The van der Waals surface area contributed by atoms with E-state index in [-0.39, 0.29) is 8.69 Å². The highest BCUT2D eigenvalue weighted by atomic mass is 31.1. The zero-order valence-corrected chi connectivity index (χ0v) is 10.7. The van der Waals surface area contributed by atoms with E-state index in [1.807, 2.05) is 6.07 Å². The summed E-state index contributed by atoms with van der Waals surface area (Å²) in [6.45, 7) is 2.79. The van der Waals surface area contributed by atoms with Crippen molar-refractivity contribution >= 4 is 8.69 Å². The smallest absolute Gasteiger partial charge is 0.294 e. The van der Waals surface area contributed by atoms with Gasteiger partial charge in [-0.05, 0) is 30.7 Å². The molecule has 0 aliphatic carbocycles. The van der Waals surface area contributed by atoms with Crippen molar-refractivity contribution in [3.8, 4) is 0 Å². The van der Waals surface area contributed by atoms with Crippen LogP contribution in [0.5, 0.6) is 0 Å². The van der Waals surface area contributed by atoms with Crippen molar-refractivity contribution in [2.75, 3.05) is 6.61 Å². The summed E-state index contributed by atoms with van der Waals surface area (Å²) in [6.07, 6.45) is 4.47. The zero-order chi connectivity index (χ0) is 11.6. The molecule has 0 saturated carbocycles. The van der Waals surface area contributed by atoms with Crippen LogP contribution in [0.15, 0.2) is 30.3 Å². The summed E-state index contributed by atoms with van der Waals surface area (Å²) in [7, 11) is -0.204. The van der Waals surface area contributed by atoms with Crippen molar-refractivity contribution in [1.29, 1.82) is 0 Å². The van der Waals surface area contributed by atoms with Crippen molar-refractivity contribution in [1.82, 2.24) is 0 Å². The van der Waals surface area contributed by atoms with Crippen molar-refractivity contribution < 1.29 is 9.09 Å². The molecular weight excluding hydrogens is 219 g/mol. The molecule has 1 rings (SSSR count). The molecule has 3 heteroatoms. The van der Waals surface area contributed by atoms with Crippen LogP contribution in [-0.2, 0) is 9.09 Å². The fourth-order valence-electron chi connectivity index (χ4n) is 1.98. The lowest BCUT2D eigenvalue weighted by molar-refractivity contribution is 0.322. The Balaban J connectivity index is 2.44. The molecule has 0 spiro atoms. The molecule has 1 aromatic carbocycles. The quantitative estimate of drug-likeness (QED) is 0.489. The van der Waals surface area contributed by atoms with Crippen molar-refractivity contribution in [3.05, 3.63) is 35.9 Å². The van der Waals surface area contributed by atoms with Gasteiger partial charge in [0.05, 0.1) is 6.61 Å². The third-order valence-electron chi connectivity index (χ3n) is 2.75. The minimum atomic E-state index is -0.204. The van der Waals surface area contributed by atoms with E-state index >= 15 is 0 Å². The van der Waals surface area contributed by atoms with Gasteiger partial charge < -0.3 is 0 Å². The molecule has 0 fully saturated rings. The summed E-state index contributed by atoms with van der Waals surface area (Å²) in [4.78, 5) is 0. The predicted molar refractivity (Wildman–Crippen MR) is 66.9 cm³/mol. The predicted octanol–water partition coefficient (Wildman–Crippen LogP) is 4.57. The Morgan fingerprint density at radius 3 is 2.62 bits per heavy atom. The van der Waals surface area contributed by atoms with Gasteiger partial charge in [-0.15, -0.1) is 0 Å². The van der Waals surface area contributed by atoms with Gasteiger partial charge in [0, 0.05) is 0 Å². The monoisotopic (exact) mass is 238 g/mol. The molecule has 0 bridgehead atoms. The Labute approximate surface area is 99.3 Å². The lowest BCUT2D eigenvalue weighted by Gasteiger charge is -2.15. The lowest BCUT2D eigenvalue weighted by atomic mass is 9.90. The number of rotatable bonds is 8. The minimum Gasteiger partial charge on any atom is -0.294 e. The largest absolute Gasteiger partial charge is 0.327 e. The average molecular weight is 238 g/mol. The molecule has 1 atom stereocenters. The second kappa shape index (κ2) is 8.43. The average Bonchev–Trinajstić information content (AvgIpc) is 2.34. The third-order valence-corrected chi connectivity index (χ3v) is 3.04. The number of benzene rings is 1. The van der Waals surface area contributed by atoms with Crippen LogP contribution in [0.3, 0.4) is 0 Å². The Hall–Kier alpha value is -0.720. The Kier molecular flexibility index (Phi) is 7.03. The molecule has 88 valence electrons. The molecule has 0 N–H and O–H groups in total. The third kappa shape index (κ3) is 4.87. The Morgan fingerprint density at radius 2 is 2.00 bits per heavy atom. The Morgan fingerprint density at radius 1 is 1.25 bits per heavy atom. The fourth-order valence-corrected chi connectivity index (χ4v) is 2.19. The maximum Gasteiger partial charge on any atom is 0.327 e. The summed E-state index contributed by atoms with van der Waals surface area (Å²) in [6, 6.07) is 10.6. The van der Waals surface area contributed by atoms with E-state index in [9.17, 15) is 4.57 Å². The van der Waals surface area contributed by atoms with Crippen LogP contribution in [0.1, 0.15) is 44.1 Å². The molecule has 1 aromatic rings. The molecule has 0 radical (unpaired) electrons. The first-order valence-electron chi connectivity index (χ1n) is 5.88. The first kappa shape index (κ1) is 13.3. The molecule has 0 amide bonds. The van der Waals surface area contributed by atoms with Gasteiger partial charge in [0.2, 0.25) is 0 Å². The van der Waals surface area contributed by atoms with Crippen molar-refractivity contribution in [3.63, 3.8) is 0 Å². The van der Waals surface area contributed by atoms with E-state index in [1.54, 1.807) is 0 Å². The molecule has 0 aliphatic heterocycles. The van der Waals surface area contributed by atoms with E-state index < -0.39 is 0 Å². The molecule has 2 nitrogen and oxygen atoms in total. The standard InChI is InChI=1S/C13H19O2P/c1-2-7-12(10-6-11-15-16-14)13-8-4-3-5-9-13/h3-5,8-9,12H,2,6-7,10-11H2,1H3. The van der Waals surface area contributed by atoms with Crippen molar-refractivity contribution in [2.45, 2.75) is 38.5 Å². The zero-order valence-electron chi connectivity index (χ0n) is 9.76. The van der Waals surface area contributed by atoms with Gasteiger partial charge >= 0.3 is 8.69 Å². The Bertz CT molecular complexity index is 287. The lowest BCUT2D eigenvalue weighted by Crippen LogP contribution is -2.00. The molecular formula is C13H19O2P. The maximum absolute atomic E-state index is 10.1. The second-order valence-electron chi connectivity index (χ2n) is 3.95. The van der Waals surface area contributed by atoms with Crippen LogP contribution < -0.4 is 0 Å². The van der Waals surface area contributed by atoms with Crippen LogP contribution in [0.4, 0.5) is 0 Å². The summed E-state index contributed by atoms with van der Waals surface area (Å²) in [5.74, 6) is 0.609. The summed E-state index contributed by atoms with van der Waals surface area (Å²) < 4.78 is 14.9. The van der Waals surface area contributed by atoms with Gasteiger partial charge in [-0.25, -0.2) is 4.57 Å². The highest BCUT2D eigenvalue weighted by molar-refractivity contribution is 7.17. The normalized spacial score (nSPS) is 12.8. The van der Waals surface area contributed by atoms with Crippen LogP contribution in [0.25, 0.3) is 0 Å². The topological polar surface area (TPSA) is 26.3 Å².